The van der Waals surface area contributed by atoms with E-state index in [9.17, 15) is 19.1 Å². The third-order valence-corrected chi connectivity index (χ3v) is 7.05. The summed E-state index contributed by atoms with van der Waals surface area (Å²) in [6, 6.07) is 17.5. The zero-order valence-corrected chi connectivity index (χ0v) is 19.7. The van der Waals surface area contributed by atoms with Gasteiger partial charge in [0.1, 0.15) is 11.6 Å². The lowest BCUT2D eigenvalue weighted by Crippen LogP contribution is -2.29. The highest BCUT2D eigenvalue weighted by Gasteiger charge is 2.48. The topological polar surface area (TPSA) is 70.5 Å². The molecule has 1 aliphatic heterocycles. The van der Waals surface area contributed by atoms with Gasteiger partial charge < -0.3 is 5.11 Å². The van der Waals surface area contributed by atoms with E-state index < -0.39 is 23.5 Å². The molecule has 1 N–H and O–H groups in total. The molecule has 1 aliphatic rings. The molecule has 2 heterocycles. The number of Topliss-reactive ketones (excluding diaryl/α,β-unsaturated/α-hetero) is 1. The number of hydrogen-bond acceptors (Lipinski definition) is 5. The van der Waals surface area contributed by atoms with Crippen molar-refractivity contribution in [1.82, 2.24) is 4.98 Å². The highest BCUT2D eigenvalue weighted by atomic mass is 79.9. The smallest absolute Gasteiger partial charge is 0.301 e. The molecule has 0 spiro atoms. The van der Waals surface area contributed by atoms with Crippen LogP contribution >= 0.6 is 27.3 Å². The minimum Gasteiger partial charge on any atom is -0.507 e. The van der Waals surface area contributed by atoms with Gasteiger partial charge in [-0.05, 0) is 42.8 Å². The van der Waals surface area contributed by atoms with Crippen molar-refractivity contribution in [2.75, 3.05) is 4.90 Å². The number of aliphatic hydroxyl groups excluding tert-OH is 1. The fourth-order valence-corrected chi connectivity index (χ4v) is 5.13. The molecule has 1 saturated heterocycles. The molecule has 4 aromatic rings. The molecule has 0 saturated carbocycles. The second-order valence-electron chi connectivity index (χ2n) is 7.70. The van der Waals surface area contributed by atoms with E-state index in [-0.39, 0.29) is 16.5 Å². The van der Waals surface area contributed by atoms with Gasteiger partial charge in [-0.1, -0.05) is 69.2 Å². The summed E-state index contributed by atoms with van der Waals surface area (Å²) in [5, 5.41) is 11.4. The van der Waals surface area contributed by atoms with E-state index in [1.54, 1.807) is 36.4 Å². The van der Waals surface area contributed by atoms with Crippen molar-refractivity contribution in [3.05, 3.63) is 99.3 Å². The van der Waals surface area contributed by atoms with Gasteiger partial charge in [-0.25, -0.2) is 9.37 Å². The maximum Gasteiger partial charge on any atom is 0.301 e. The number of ketones is 1. The molecule has 1 atom stereocenters. The summed E-state index contributed by atoms with van der Waals surface area (Å²) in [5.74, 6) is -2.26. The number of anilines is 1. The van der Waals surface area contributed by atoms with E-state index in [0.717, 1.165) is 21.4 Å². The Morgan fingerprint density at radius 1 is 1.06 bits per heavy atom. The third kappa shape index (κ3) is 3.75. The maximum atomic E-state index is 13.7. The van der Waals surface area contributed by atoms with E-state index in [4.69, 9.17) is 0 Å². The van der Waals surface area contributed by atoms with Gasteiger partial charge in [0.25, 0.3) is 5.78 Å². The number of hydrogen-bond donors (Lipinski definition) is 1. The first-order valence-electron chi connectivity index (χ1n) is 10.0. The molecule has 5 nitrogen and oxygen atoms in total. The lowest BCUT2D eigenvalue weighted by atomic mass is 9.95. The van der Waals surface area contributed by atoms with E-state index in [0.29, 0.717) is 21.3 Å². The van der Waals surface area contributed by atoms with Crippen LogP contribution in [0.5, 0.6) is 0 Å². The van der Waals surface area contributed by atoms with Gasteiger partial charge in [-0.2, -0.15) is 0 Å². The monoisotopic (exact) mass is 522 g/mol. The number of benzene rings is 3. The van der Waals surface area contributed by atoms with Crippen LogP contribution in [0.1, 0.15) is 22.7 Å². The zero-order chi connectivity index (χ0) is 23.3. The van der Waals surface area contributed by atoms with E-state index in [1.165, 1.54) is 23.1 Å². The summed E-state index contributed by atoms with van der Waals surface area (Å²) in [5.41, 5.74) is 2.57. The summed E-state index contributed by atoms with van der Waals surface area (Å²) in [6.45, 7) is 1.92. The maximum absolute atomic E-state index is 13.7. The molecule has 0 unspecified atom stereocenters. The first kappa shape index (κ1) is 21.5. The SMILES string of the molecule is Cc1ccc(/C(O)=C2\C(=O)C(=O)N(c3nc4ccc(F)cc4s3)[C@H]2c2ccc(Br)cc2)cc1. The standard InChI is InChI=1S/C25H16BrFN2O3S/c1-13-2-4-15(5-3-13)22(30)20-21(14-6-8-16(26)9-7-14)29(24(32)23(20)31)25-28-18-11-10-17(27)12-19(18)33-25/h2-12,21,30H,1H3/b22-20+/t21-/m0/s1. The third-order valence-electron chi connectivity index (χ3n) is 5.50. The van der Waals surface area contributed by atoms with Gasteiger partial charge in [0, 0.05) is 10.0 Å². The Kier molecular flexibility index (Phi) is 5.34. The van der Waals surface area contributed by atoms with Crippen molar-refractivity contribution in [2.45, 2.75) is 13.0 Å². The molecule has 0 bridgehead atoms. The van der Waals surface area contributed by atoms with Crippen molar-refractivity contribution in [3.63, 3.8) is 0 Å². The van der Waals surface area contributed by atoms with Gasteiger partial charge in [-0.15, -0.1) is 0 Å². The van der Waals surface area contributed by atoms with Crippen LogP contribution < -0.4 is 4.90 Å². The number of thiazole rings is 1. The van der Waals surface area contributed by atoms with Gasteiger partial charge >= 0.3 is 5.91 Å². The Bertz CT molecular complexity index is 1450. The van der Waals surface area contributed by atoms with E-state index >= 15 is 0 Å². The quantitative estimate of drug-likeness (QED) is 0.199. The zero-order valence-electron chi connectivity index (χ0n) is 17.3. The molecule has 1 amide bonds. The summed E-state index contributed by atoms with van der Waals surface area (Å²) < 4.78 is 15.1. The van der Waals surface area contributed by atoms with Crippen molar-refractivity contribution in [2.24, 2.45) is 0 Å². The Hall–Kier alpha value is -3.36. The molecular formula is C25H16BrFN2O3S. The van der Waals surface area contributed by atoms with Crippen LogP contribution in [0.2, 0.25) is 0 Å². The van der Waals surface area contributed by atoms with Gasteiger partial charge in [0.15, 0.2) is 5.13 Å². The largest absolute Gasteiger partial charge is 0.507 e. The average molecular weight is 523 g/mol. The number of aromatic nitrogens is 1. The summed E-state index contributed by atoms with van der Waals surface area (Å²) >= 11 is 4.52. The number of aryl methyl sites for hydroxylation is 1. The Balaban J connectivity index is 1.73. The first-order valence-corrected chi connectivity index (χ1v) is 11.6. The van der Waals surface area contributed by atoms with E-state index in [1.807, 2.05) is 19.1 Å². The molecule has 33 heavy (non-hydrogen) atoms. The van der Waals surface area contributed by atoms with Crippen LogP contribution in [0.25, 0.3) is 16.0 Å². The molecule has 1 aromatic heterocycles. The van der Waals surface area contributed by atoms with Crippen molar-refractivity contribution < 1.29 is 19.1 Å². The molecule has 8 heteroatoms. The lowest BCUT2D eigenvalue weighted by molar-refractivity contribution is -0.132. The summed E-state index contributed by atoms with van der Waals surface area (Å²) in [4.78, 5) is 32.2. The van der Waals surface area contributed by atoms with Crippen molar-refractivity contribution in [3.8, 4) is 0 Å². The van der Waals surface area contributed by atoms with E-state index in [2.05, 4.69) is 20.9 Å². The molecule has 1 fully saturated rings. The van der Waals surface area contributed by atoms with Gasteiger partial charge in [0.2, 0.25) is 0 Å². The Morgan fingerprint density at radius 3 is 2.45 bits per heavy atom. The highest BCUT2D eigenvalue weighted by Crippen LogP contribution is 2.44. The predicted molar refractivity (Wildman–Crippen MR) is 130 cm³/mol. The first-order chi connectivity index (χ1) is 15.8. The van der Waals surface area contributed by atoms with Crippen molar-refractivity contribution >= 4 is 60.1 Å². The van der Waals surface area contributed by atoms with Crippen LogP contribution in [-0.4, -0.2) is 21.8 Å². The molecule has 0 radical (unpaired) electrons. The summed E-state index contributed by atoms with van der Waals surface area (Å²) in [7, 11) is 0. The highest BCUT2D eigenvalue weighted by molar-refractivity contribution is 9.10. The number of nitrogens with zero attached hydrogens (tertiary/aromatic N) is 2. The molecule has 5 rings (SSSR count). The fourth-order valence-electron chi connectivity index (χ4n) is 3.85. The normalized spacial score (nSPS) is 17.8. The second-order valence-corrected chi connectivity index (χ2v) is 9.62. The van der Waals surface area contributed by atoms with Crippen LogP contribution in [-0.2, 0) is 9.59 Å². The minimum absolute atomic E-state index is 0.0170. The summed E-state index contributed by atoms with van der Waals surface area (Å²) in [6.07, 6.45) is 0. The second kappa shape index (κ2) is 8.20. The number of carbonyl (C=O) groups excluding carboxylic acids is 2. The molecule has 3 aromatic carbocycles. The van der Waals surface area contributed by atoms with Crippen molar-refractivity contribution in [1.29, 1.82) is 0 Å². The number of amides is 1. The lowest BCUT2D eigenvalue weighted by Gasteiger charge is -2.23. The average Bonchev–Trinajstić information content (AvgIpc) is 3.32. The fraction of sp³-hybridized carbons (Fsp3) is 0.0800. The number of carbonyl (C=O) groups is 2. The van der Waals surface area contributed by atoms with Crippen LogP contribution in [0, 0.1) is 12.7 Å². The number of rotatable bonds is 3. The van der Waals surface area contributed by atoms with Crippen LogP contribution in [0.15, 0.2) is 76.8 Å². The molecule has 164 valence electrons. The minimum atomic E-state index is -0.884. The Labute approximate surface area is 200 Å². The number of aliphatic hydroxyl groups is 1. The van der Waals surface area contributed by atoms with Crippen LogP contribution in [0.3, 0.4) is 0 Å². The molecular weight excluding hydrogens is 507 g/mol. The number of fused-ring (bicyclic) bond motifs is 1. The van der Waals surface area contributed by atoms with Gasteiger partial charge in [-0.3, -0.25) is 14.5 Å². The molecule has 0 aliphatic carbocycles. The van der Waals surface area contributed by atoms with Gasteiger partial charge in [0.05, 0.1) is 21.8 Å². The predicted octanol–water partition coefficient (Wildman–Crippen LogP) is 6.13. The Morgan fingerprint density at radius 2 is 1.76 bits per heavy atom. The number of halogens is 2. The van der Waals surface area contributed by atoms with Crippen LogP contribution in [0.4, 0.5) is 9.52 Å².